The normalized spacial score (nSPS) is 11.0. The molecule has 0 spiro atoms. The Bertz CT molecular complexity index is 1380. The van der Waals surface area contributed by atoms with Gasteiger partial charge in [-0.3, -0.25) is 14.9 Å². The van der Waals surface area contributed by atoms with Gasteiger partial charge in [-0.15, -0.1) is 5.11 Å². The van der Waals surface area contributed by atoms with E-state index in [1.165, 1.54) is 12.1 Å². The first-order valence-corrected chi connectivity index (χ1v) is 9.72. The van der Waals surface area contributed by atoms with Gasteiger partial charge < -0.3 is 10.4 Å². The van der Waals surface area contributed by atoms with Crippen molar-refractivity contribution in [3.8, 4) is 5.75 Å². The molecule has 32 heavy (non-hydrogen) atoms. The zero-order valence-electron chi connectivity index (χ0n) is 17.0. The largest absolute Gasteiger partial charge is 0.507 e. The highest BCUT2D eigenvalue weighted by atomic mass is 16.6. The summed E-state index contributed by atoms with van der Waals surface area (Å²) < 4.78 is 0. The Labute approximate surface area is 183 Å². The van der Waals surface area contributed by atoms with Gasteiger partial charge in [-0.05, 0) is 36.8 Å². The molecular formula is C24H18N4O4. The number of phenolic OH excluding ortho intramolecular Hbond substituents is 1. The van der Waals surface area contributed by atoms with E-state index >= 15 is 0 Å². The number of amides is 1. The van der Waals surface area contributed by atoms with Crippen molar-refractivity contribution in [3.63, 3.8) is 0 Å². The SMILES string of the molecule is Cc1cccc(C(=O)Nc2ccc(N=Nc3cccc([N+](=O)[O-])c3)c3ccccc23)c1O. The molecule has 2 N–H and O–H groups in total. The first-order chi connectivity index (χ1) is 15.4. The molecule has 4 rings (SSSR count). The van der Waals surface area contributed by atoms with Gasteiger partial charge in [0.2, 0.25) is 0 Å². The van der Waals surface area contributed by atoms with E-state index in [9.17, 15) is 20.0 Å². The fraction of sp³-hybridized carbons (Fsp3) is 0.0417. The zero-order valence-corrected chi connectivity index (χ0v) is 17.0. The van der Waals surface area contributed by atoms with E-state index in [2.05, 4.69) is 15.5 Å². The van der Waals surface area contributed by atoms with Gasteiger partial charge in [0.05, 0.1) is 21.9 Å². The number of para-hydroxylation sites is 1. The number of hydrogen-bond donors (Lipinski definition) is 2. The molecule has 8 nitrogen and oxygen atoms in total. The number of nitro benzene ring substituents is 1. The number of rotatable bonds is 5. The molecule has 4 aromatic rings. The first-order valence-electron chi connectivity index (χ1n) is 9.72. The minimum atomic E-state index is -0.488. The van der Waals surface area contributed by atoms with Crippen LogP contribution in [0.15, 0.2) is 89.1 Å². The Morgan fingerprint density at radius 3 is 2.47 bits per heavy atom. The second-order valence-corrected chi connectivity index (χ2v) is 7.08. The molecule has 0 bridgehead atoms. The summed E-state index contributed by atoms with van der Waals surface area (Å²) in [6.07, 6.45) is 0. The Hall–Kier alpha value is -4.59. The number of anilines is 1. The molecule has 4 aromatic carbocycles. The number of phenols is 1. The van der Waals surface area contributed by atoms with Crippen LogP contribution in [0.5, 0.6) is 5.75 Å². The predicted molar refractivity (Wildman–Crippen MR) is 122 cm³/mol. The number of azo groups is 1. The number of benzene rings is 4. The molecule has 0 aromatic heterocycles. The molecule has 0 atom stereocenters. The van der Waals surface area contributed by atoms with Crippen LogP contribution < -0.4 is 5.32 Å². The van der Waals surface area contributed by atoms with Crippen LogP contribution in [0.1, 0.15) is 15.9 Å². The molecular weight excluding hydrogens is 408 g/mol. The molecule has 0 saturated carbocycles. The average Bonchev–Trinajstić information content (AvgIpc) is 2.80. The van der Waals surface area contributed by atoms with Gasteiger partial charge in [0.15, 0.2) is 0 Å². The number of non-ortho nitro benzene ring substituents is 1. The Morgan fingerprint density at radius 1 is 0.938 bits per heavy atom. The Morgan fingerprint density at radius 2 is 1.69 bits per heavy atom. The van der Waals surface area contributed by atoms with Crippen LogP contribution in [0, 0.1) is 17.0 Å². The van der Waals surface area contributed by atoms with Crippen molar-refractivity contribution in [3.05, 3.63) is 100 Å². The predicted octanol–water partition coefficient (Wildman–Crippen LogP) is 6.43. The van der Waals surface area contributed by atoms with Crippen molar-refractivity contribution in [1.82, 2.24) is 0 Å². The number of hydrogen-bond acceptors (Lipinski definition) is 6. The van der Waals surface area contributed by atoms with Crippen LogP contribution in [0.4, 0.5) is 22.7 Å². The van der Waals surface area contributed by atoms with Gasteiger partial charge in [0, 0.05) is 28.6 Å². The van der Waals surface area contributed by atoms with E-state index in [4.69, 9.17) is 0 Å². The summed E-state index contributed by atoms with van der Waals surface area (Å²) in [5.74, 6) is -0.487. The fourth-order valence-corrected chi connectivity index (χ4v) is 3.29. The van der Waals surface area contributed by atoms with Crippen LogP contribution in [0.2, 0.25) is 0 Å². The standard InChI is InChI=1S/C24H18N4O4/c1-15-6-4-11-20(23(15)29)24(30)25-21-12-13-22(19-10-3-2-9-18(19)21)27-26-16-7-5-8-17(14-16)28(31)32/h2-14,29H,1H3,(H,25,30). The number of fused-ring (bicyclic) bond motifs is 1. The van der Waals surface area contributed by atoms with Crippen LogP contribution in [0.3, 0.4) is 0 Å². The van der Waals surface area contributed by atoms with Crippen LogP contribution in [-0.2, 0) is 0 Å². The molecule has 0 radical (unpaired) electrons. The maximum atomic E-state index is 12.7. The van der Waals surface area contributed by atoms with Crippen molar-refractivity contribution < 1.29 is 14.8 Å². The van der Waals surface area contributed by atoms with E-state index < -0.39 is 10.8 Å². The molecule has 0 aliphatic carbocycles. The molecule has 158 valence electrons. The molecule has 0 fully saturated rings. The van der Waals surface area contributed by atoms with Crippen LogP contribution in [-0.4, -0.2) is 15.9 Å². The fourth-order valence-electron chi connectivity index (χ4n) is 3.29. The number of aromatic hydroxyl groups is 1. The molecule has 0 saturated heterocycles. The highest BCUT2D eigenvalue weighted by Gasteiger charge is 2.15. The van der Waals surface area contributed by atoms with Gasteiger partial charge in [0.1, 0.15) is 5.75 Å². The monoisotopic (exact) mass is 426 g/mol. The Balaban J connectivity index is 1.67. The second-order valence-electron chi connectivity index (χ2n) is 7.08. The molecule has 0 aliphatic heterocycles. The zero-order chi connectivity index (χ0) is 22.7. The van der Waals surface area contributed by atoms with Crippen molar-refractivity contribution >= 4 is 39.4 Å². The molecule has 0 unspecified atom stereocenters. The summed E-state index contributed by atoms with van der Waals surface area (Å²) in [5, 5.41) is 33.9. The molecule has 1 amide bonds. The summed E-state index contributed by atoms with van der Waals surface area (Å²) in [4.78, 5) is 23.2. The van der Waals surface area contributed by atoms with Crippen molar-refractivity contribution in [2.75, 3.05) is 5.32 Å². The van der Waals surface area contributed by atoms with Gasteiger partial charge in [-0.1, -0.05) is 42.5 Å². The maximum absolute atomic E-state index is 12.7. The minimum Gasteiger partial charge on any atom is -0.507 e. The van der Waals surface area contributed by atoms with Crippen molar-refractivity contribution in [2.24, 2.45) is 10.2 Å². The topological polar surface area (TPSA) is 117 Å². The number of nitrogens with zero attached hydrogens (tertiary/aromatic N) is 3. The quantitative estimate of drug-likeness (QED) is 0.217. The van der Waals surface area contributed by atoms with Gasteiger partial charge in [-0.2, -0.15) is 5.11 Å². The molecule has 0 heterocycles. The maximum Gasteiger partial charge on any atom is 0.271 e. The average molecular weight is 426 g/mol. The number of aryl methyl sites for hydroxylation is 1. The lowest BCUT2D eigenvalue weighted by Crippen LogP contribution is -2.12. The highest BCUT2D eigenvalue weighted by molar-refractivity contribution is 6.12. The summed E-state index contributed by atoms with van der Waals surface area (Å²) in [6, 6.07) is 21.7. The van der Waals surface area contributed by atoms with Crippen LogP contribution in [0.25, 0.3) is 10.8 Å². The van der Waals surface area contributed by atoms with Crippen molar-refractivity contribution in [1.29, 1.82) is 0 Å². The lowest BCUT2D eigenvalue weighted by Gasteiger charge is -2.12. The lowest BCUT2D eigenvalue weighted by molar-refractivity contribution is -0.384. The van der Waals surface area contributed by atoms with Gasteiger partial charge >= 0.3 is 0 Å². The third kappa shape index (κ3) is 4.15. The van der Waals surface area contributed by atoms with Crippen LogP contribution >= 0.6 is 0 Å². The number of nitro groups is 1. The van der Waals surface area contributed by atoms with E-state index in [1.54, 1.807) is 49.4 Å². The van der Waals surface area contributed by atoms with E-state index in [0.29, 0.717) is 22.6 Å². The second kappa shape index (κ2) is 8.65. The number of carbonyl (C=O) groups excluding carboxylic acids is 1. The third-order valence-corrected chi connectivity index (χ3v) is 4.95. The van der Waals surface area contributed by atoms with Gasteiger partial charge in [-0.25, -0.2) is 0 Å². The summed E-state index contributed by atoms with van der Waals surface area (Å²) >= 11 is 0. The first kappa shape index (κ1) is 20.7. The highest BCUT2D eigenvalue weighted by Crippen LogP contribution is 2.34. The summed E-state index contributed by atoms with van der Waals surface area (Å²) in [5.41, 5.74) is 2.19. The Kier molecular flexibility index (Phi) is 5.59. The van der Waals surface area contributed by atoms with E-state index in [0.717, 1.165) is 10.8 Å². The smallest absolute Gasteiger partial charge is 0.271 e. The van der Waals surface area contributed by atoms with E-state index in [-0.39, 0.29) is 17.0 Å². The number of carbonyl (C=O) groups is 1. The van der Waals surface area contributed by atoms with Crippen molar-refractivity contribution in [2.45, 2.75) is 6.92 Å². The minimum absolute atomic E-state index is 0.0586. The molecule has 0 aliphatic rings. The lowest BCUT2D eigenvalue weighted by atomic mass is 10.1. The summed E-state index contributed by atoms with van der Waals surface area (Å²) in [7, 11) is 0. The molecule has 8 heteroatoms. The number of nitrogens with one attached hydrogen (secondary N) is 1. The van der Waals surface area contributed by atoms with Gasteiger partial charge in [0.25, 0.3) is 11.6 Å². The third-order valence-electron chi connectivity index (χ3n) is 4.95. The van der Waals surface area contributed by atoms with E-state index in [1.807, 2.05) is 24.3 Å². The summed E-state index contributed by atoms with van der Waals surface area (Å²) in [6.45, 7) is 1.72.